The molecule has 1 aliphatic heterocycles. The maximum atomic E-state index is 11.5. The van der Waals surface area contributed by atoms with Crippen LogP contribution in [0, 0.1) is 11.8 Å². The third-order valence-electron chi connectivity index (χ3n) is 5.70. The fourth-order valence-corrected chi connectivity index (χ4v) is 3.70. The highest BCUT2D eigenvalue weighted by molar-refractivity contribution is 5.44. The lowest BCUT2D eigenvalue weighted by atomic mass is 9.87. The summed E-state index contributed by atoms with van der Waals surface area (Å²) in [5.74, 6) is 6.55. The molecule has 1 saturated heterocycles. The zero-order chi connectivity index (χ0) is 17.8. The lowest BCUT2D eigenvalue weighted by Gasteiger charge is -2.42. The van der Waals surface area contributed by atoms with Crippen LogP contribution in [0.25, 0.3) is 0 Å². The fourth-order valence-electron chi connectivity index (χ4n) is 3.70. The minimum atomic E-state index is -1.26. The quantitative estimate of drug-likeness (QED) is 0.666. The second-order valence-electron chi connectivity index (χ2n) is 7.45. The van der Waals surface area contributed by atoms with Crippen molar-refractivity contribution in [2.75, 3.05) is 20.1 Å². The van der Waals surface area contributed by atoms with Crippen molar-refractivity contribution >= 4 is 0 Å². The highest BCUT2D eigenvalue weighted by Crippen LogP contribution is 2.29. The lowest BCUT2D eigenvalue weighted by Crippen LogP contribution is -2.54. The number of nitrogens with zero attached hydrogens (tertiary/aromatic N) is 1. The van der Waals surface area contributed by atoms with E-state index in [1.807, 2.05) is 60.7 Å². The summed E-state index contributed by atoms with van der Waals surface area (Å²) in [6, 6.07) is 20.1. The molecule has 0 aromatic heterocycles. The molecule has 0 unspecified atom stereocenters. The largest absolute Gasteiger partial charge is 0.369 e. The third kappa shape index (κ3) is 3.79. The number of piperidine rings is 1. The van der Waals surface area contributed by atoms with Gasteiger partial charge in [0.05, 0.1) is 19.6 Å². The summed E-state index contributed by atoms with van der Waals surface area (Å²) < 4.78 is 0.979. The van der Waals surface area contributed by atoms with Crippen LogP contribution >= 0.6 is 0 Å². The Hall–Kier alpha value is -2.08. The molecular formula is C23H28NO+. The Kier molecular flexibility index (Phi) is 5.27. The number of quaternary nitrogens is 1. The predicted octanol–water partition coefficient (Wildman–Crippen LogP) is 3.94. The first-order valence-corrected chi connectivity index (χ1v) is 9.22. The average molecular weight is 334 g/mol. The molecule has 0 saturated carbocycles. The minimum Gasteiger partial charge on any atom is -0.369 e. The molecule has 0 radical (unpaired) electrons. The van der Waals surface area contributed by atoms with Gasteiger partial charge in [0, 0.05) is 11.1 Å². The Morgan fingerprint density at radius 2 is 1.56 bits per heavy atom. The molecule has 25 heavy (non-hydrogen) atoms. The van der Waals surface area contributed by atoms with E-state index in [1.54, 1.807) is 0 Å². The summed E-state index contributed by atoms with van der Waals surface area (Å²) in [4.78, 5) is 0. The fraction of sp³-hybridized carbons (Fsp3) is 0.391. The molecule has 1 aliphatic rings. The highest BCUT2D eigenvalue weighted by atomic mass is 16.3. The van der Waals surface area contributed by atoms with Gasteiger partial charge in [0.15, 0.2) is 5.60 Å². The Morgan fingerprint density at radius 1 is 1.00 bits per heavy atom. The van der Waals surface area contributed by atoms with E-state index < -0.39 is 5.60 Å². The van der Waals surface area contributed by atoms with Gasteiger partial charge in [0.25, 0.3) is 0 Å². The highest BCUT2D eigenvalue weighted by Gasteiger charge is 2.32. The molecule has 130 valence electrons. The van der Waals surface area contributed by atoms with E-state index in [2.05, 4.69) is 25.8 Å². The van der Waals surface area contributed by atoms with Crippen LogP contribution in [0.2, 0.25) is 0 Å². The molecule has 1 N–H and O–H groups in total. The van der Waals surface area contributed by atoms with Crippen LogP contribution in [-0.4, -0.2) is 35.8 Å². The van der Waals surface area contributed by atoms with Crippen molar-refractivity contribution in [1.82, 2.24) is 0 Å². The molecule has 2 heteroatoms. The molecule has 2 nitrogen and oxygen atoms in total. The van der Waals surface area contributed by atoms with Gasteiger partial charge >= 0.3 is 0 Å². The van der Waals surface area contributed by atoms with Crippen LogP contribution in [0.5, 0.6) is 0 Å². The summed E-state index contributed by atoms with van der Waals surface area (Å²) in [6.07, 6.45) is 3.85. The van der Waals surface area contributed by atoms with Gasteiger partial charge in [-0.15, -0.1) is 0 Å². The summed E-state index contributed by atoms with van der Waals surface area (Å²) in [5.41, 5.74) is 0.381. The van der Waals surface area contributed by atoms with Gasteiger partial charge in [0.2, 0.25) is 0 Å². The molecule has 0 amide bonds. The predicted molar refractivity (Wildman–Crippen MR) is 103 cm³/mol. The van der Waals surface area contributed by atoms with Gasteiger partial charge in [-0.1, -0.05) is 66.6 Å². The number of rotatable bonds is 3. The van der Waals surface area contributed by atoms with Crippen molar-refractivity contribution in [2.24, 2.45) is 0 Å². The summed E-state index contributed by atoms with van der Waals surface area (Å²) in [7, 11) is 2.29. The van der Waals surface area contributed by atoms with Gasteiger partial charge in [-0.25, -0.2) is 0 Å². The first-order valence-electron chi connectivity index (χ1n) is 9.22. The van der Waals surface area contributed by atoms with Crippen molar-refractivity contribution in [3.63, 3.8) is 0 Å². The van der Waals surface area contributed by atoms with E-state index in [-0.39, 0.29) is 0 Å². The second-order valence-corrected chi connectivity index (χ2v) is 7.45. The topological polar surface area (TPSA) is 20.2 Å². The number of benzene rings is 2. The SMILES string of the molecule is C[C@H]1CCCC[N@+]1(C)CC#CC(O)(c1ccccc1)c1ccccc1. The van der Waals surface area contributed by atoms with Crippen LogP contribution in [-0.2, 0) is 5.60 Å². The molecule has 2 atom stereocenters. The zero-order valence-electron chi connectivity index (χ0n) is 15.3. The monoisotopic (exact) mass is 334 g/mol. The Morgan fingerprint density at radius 3 is 2.08 bits per heavy atom. The summed E-state index contributed by atoms with van der Waals surface area (Å²) in [5, 5.41) is 11.5. The van der Waals surface area contributed by atoms with E-state index in [0.717, 1.165) is 22.2 Å². The van der Waals surface area contributed by atoms with Crippen LogP contribution < -0.4 is 0 Å². The standard InChI is InChI=1S/C23H28NO/c1-20-12-9-10-18-24(20,2)19-11-17-23(25,21-13-5-3-6-14-21)22-15-7-4-8-16-22/h3-8,13-16,20,25H,9-10,12,18-19H2,1-2H3/q+1/t20-,24+/m0/s1. The van der Waals surface area contributed by atoms with Crippen LogP contribution in [0.15, 0.2) is 60.7 Å². The summed E-state index contributed by atoms with van der Waals surface area (Å²) >= 11 is 0. The molecule has 2 aromatic rings. The van der Waals surface area contributed by atoms with E-state index >= 15 is 0 Å². The molecule has 0 bridgehead atoms. The third-order valence-corrected chi connectivity index (χ3v) is 5.70. The number of hydrogen-bond acceptors (Lipinski definition) is 1. The number of hydrogen-bond donors (Lipinski definition) is 1. The molecule has 1 heterocycles. The number of aliphatic hydroxyl groups is 1. The molecule has 0 aliphatic carbocycles. The van der Waals surface area contributed by atoms with Crippen molar-refractivity contribution in [2.45, 2.75) is 37.8 Å². The average Bonchev–Trinajstić information content (AvgIpc) is 2.65. The maximum Gasteiger partial charge on any atom is 0.177 e. The smallest absolute Gasteiger partial charge is 0.177 e. The Labute approximate surface area is 151 Å². The van der Waals surface area contributed by atoms with Crippen LogP contribution in [0.1, 0.15) is 37.3 Å². The van der Waals surface area contributed by atoms with Gasteiger partial charge < -0.3 is 9.59 Å². The molecular weight excluding hydrogens is 306 g/mol. The van der Waals surface area contributed by atoms with Crippen LogP contribution in [0.3, 0.4) is 0 Å². The lowest BCUT2D eigenvalue weighted by molar-refractivity contribution is -0.929. The van der Waals surface area contributed by atoms with E-state index in [0.29, 0.717) is 6.04 Å². The zero-order valence-corrected chi connectivity index (χ0v) is 15.3. The summed E-state index contributed by atoms with van der Waals surface area (Å²) in [6.45, 7) is 4.27. The maximum absolute atomic E-state index is 11.5. The first-order chi connectivity index (χ1) is 12.0. The Bertz CT molecular complexity index is 704. The van der Waals surface area contributed by atoms with Crippen LogP contribution in [0.4, 0.5) is 0 Å². The second kappa shape index (κ2) is 7.44. The number of likely N-dealkylation sites (tertiary alicyclic amines) is 1. The molecule has 0 spiro atoms. The van der Waals surface area contributed by atoms with Crippen molar-refractivity contribution in [3.05, 3.63) is 71.8 Å². The Balaban J connectivity index is 1.92. The normalized spacial score (nSPS) is 23.6. The van der Waals surface area contributed by atoms with Crippen molar-refractivity contribution < 1.29 is 9.59 Å². The molecule has 2 aromatic carbocycles. The minimum absolute atomic E-state index is 0.629. The van der Waals surface area contributed by atoms with E-state index in [1.165, 1.54) is 25.8 Å². The first kappa shape index (κ1) is 17.7. The van der Waals surface area contributed by atoms with Crippen molar-refractivity contribution in [1.29, 1.82) is 0 Å². The van der Waals surface area contributed by atoms with Gasteiger partial charge in [-0.05, 0) is 32.1 Å². The van der Waals surface area contributed by atoms with E-state index in [4.69, 9.17) is 0 Å². The molecule has 3 rings (SSSR count). The van der Waals surface area contributed by atoms with Gasteiger partial charge in [-0.2, -0.15) is 0 Å². The van der Waals surface area contributed by atoms with Crippen molar-refractivity contribution in [3.8, 4) is 11.8 Å². The molecule has 1 fully saturated rings. The van der Waals surface area contributed by atoms with E-state index in [9.17, 15) is 5.11 Å². The van der Waals surface area contributed by atoms with Gasteiger partial charge in [-0.3, -0.25) is 0 Å². The van der Waals surface area contributed by atoms with Gasteiger partial charge in [0.1, 0.15) is 6.54 Å².